The fraction of sp³-hybridized carbons (Fsp3) is 0.261. The molecule has 2 amide bonds. The molecule has 31 heavy (non-hydrogen) atoms. The summed E-state index contributed by atoms with van der Waals surface area (Å²) in [5.41, 5.74) is 1.62. The molecule has 1 aromatic heterocycles. The van der Waals surface area contributed by atoms with Crippen LogP contribution in [0.25, 0.3) is 10.9 Å². The molecule has 2 heterocycles. The summed E-state index contributed by atoms with van der Waals surface area (Å²) in [6.07, 6.45) is 3.51. The Morgan fingerprint density at radius 2 is 1.74 bits per heavy atom. The summed E-state index contributed by atoms with van der Waals surface area (Å²) in [4.78, 5) is 41.1. The topological polar surface area (TPSA) is 80.6 Å². The molecular weight excluding hydrogens is 414 g/mol. The Balaban J connectivity index is 1.59. The van der Waals surface area contributed by atoms with Gasteiger partial charge < -0.3 is 19.5 Å². The highest BCUT2D eigenvalue weighted by Crippen LogP contribution is 2.26. The Morgan fingerprint density at radius 1 is 1.03 bits per heavy atom. The van der Waals surface area contributed by atoms with Gasteiger partial charge in [0.05, 0.1) is 24.5 Å². The van der Waals surface area contributed by atoms with Crippen LogP contribution in [0, 0.1) is 0 Å². The van der Waals surface area contributed by atoms with Crippen molar-refractivity contribution in [3.8, 4) is 0 Å². The van der Waals surface area contributed by atoms with Crippen LogP contribution in [0.1, 0.15) is 10.4 Å². The van der Waals surface area contributed by atoms with Gasteiger partial charge in [-0.05, 0) is 24.5 Å². The lowest BCUT2D eigenvalue weighted by atomic mass is 10.1. The smallest absolute Gasteiger partial charge is 0.296 e. The van der Waals surface area contributed by atoms with Gasteiger partial charge in [-0.15, -0.1) is 11.8 Å². The molecule has 160 valence electrons. The lowest BCUT2D eigenvalue weighted by molar-refractivity contribution is -0.135. The molecule has 4 rings (SSSR count). The number of thioether (sulfide) groups is 1. The Hall–Kier alpha value is -3.10. The minimum atomic E-state index is -0.705. The van der Waals surface area contributed by atoms with Crippen LogP contribution < -0.4 is 5.32 Å². The van der Waals surface area contributed by atoms with Gasteiger partial charge in [-0.25, -0.2) is 0 Å². The van der Waals surface area contributed by atoms with E-state index >= 15 is 0 Å². The summed E-state index contributed by atoms with van der Waals surface area (Å²) >= 11 is 1.49. The van der Waals surface area contributed by atoms with E-state index in [4.69, 9.17) is 4.74 Å². The first-order valence-corrected chi connectivity index (χ1v) is 11.2. The summed E-state index contributed by atoms with van der Waals surface area (Å²) < 4.78 is 7.05. The number of anilines is 1. The van der Waals surface area contributed by atoms with E-state index in [2.05, 4.69) is 5.32 Å². The van der Waals surface area contributed by atoms with Crippen molar-refractivity contribution in [1.29, 1.82) is 0 Å². The molecule has 1 saturated heterocycles. The van der Waals surface area contributed by atoms with Crippen molar-refractivity contribution in [3.05, 3.63) is 60.3 Å². The van der Waals surface area contributed by atoms with Crippen molar-refractivity contribution < 1.29 is 19.1 Å². The lowest BCUT2D eigenvalue weighted by Crippen LogP contribution is -2.42. The predicted molar refractivity (Wildman–Crippen MR) is 121 cm³/mol. The SMILES string of the molecule is CSc1ccccc1NC(=O)C(=O)c1cn(CC(=O)N2CCOCC2)c2ccccc12. The molecule has 1 N–H and O–H groups in total. The number of benzene rings is 2. The third-order valence-corrected chi connectivity index (χ3v) is 6.06. The molecule has 0 bridgehead atoms. The minimum Gasteiger partial charge on any atom is -0.378 e. The van der Waals surface area contributed by atoms with Crippen LogP contribution in [0.2, 0.25) is 0 Å². The van der Waals surface area contributed by atoms with E-state index in [1.807, 2.05) is 42.7 Å². The Bertz CT molecular complexity index is 1130. The number of fused-ring (bicyclic) bond motifs is 1. The van der Waals surface area contributed by atoms with Crippen molar-refractivity contribution in [3.63, 3.8) is 0 Å². The highest BCUT2D eigenvalue weighted by molar-refractivity contribution is 7.98. The zero-order chi connectivity index (χ0) is 21.8. The average molecular weight is 438 g/mol. The summed E-state index contributed by atoms with van der Waals surface area (Å²) in [6, 6.07) is 14.6. The largest absolute Gasteiger partial charge is 0.378 e. The number of carbonyl (C=O) groups is 3. The number of carbonyl (C=O) groups excluding carboxylic acids is 3. The maximum atomic E-state index is 13.0. The van der Waals surface area contributed by atoms with Crippen LogP contribution in [-0.2, 0) is 20.9 Å². The summed E-state index contributed by atoms with van der Waals surface area (Å²) in [5, 5.41) is 3.37. The second-order valence-electron chi connectivity index (χ2n) is 7.16. The number of nitrogens with one attached hydrogen (secondary N) is 1. The molecule has 0 radical (unpaired) electrons. The van der Waals surface area contributed by atoms with Gasteiger partial charge in [0.2, 0.25) is 5.91 Å². The number of hydrogen-bond acceptors (Lipinski definition) is 5. The normalized spacial score (nSPS) is 13.9. The van der Waals surface area contributed by atoms with Crippen LogP contribution in [0.4, 0.5) is 5.69 Å². The molecule has 3 aromatic rings. The van der Waals surface area contributed by atoms with Crippen LogP contribution in [0.15, 0.2) is 59.6 Å². The fourth-order valence-electron chi connectivity index (χ4n) is 3.67. The zero-order valence-corrected chi connectivity index (χ0v) is 18.0. The molecule has 0 aliphatic carbocycles. The number of nitrogens with zero attached hydrogens (tertiary/aromatic N) is 2. The van der Waals surface area contributed by atoms with Gasteiger partial charge in [0.1, 0.15) is 6.54 Å². The molecule has 2 aromatic carbocycles. The molecule has 0 atom stereocenters. The van der Waals surface area contributed by atoms with Crippen molar-refractivity contribution in [2.45, 2.75) is 11.4 Å². The Morgan fingerprint density at radius 3 is 2.52 bits per heavy atom. The molecule has 8 heteroatoms. The van der Waals surface area contributed by atoms with Crippen molar-refractivity contribution in [2.75, 3.05) is 37.9 Å². The second-order valence-corrected chi connectivity index (χ2v) is 8.01. The van der Waals surface area contributed by atoms with Crippen molar-refractivity contribution in [1.82, 2.24) is 9.47 Å². The van der Waals surface area contributed by atoms with E-state index in [1.54, 1.807) is 27.8 Å². The number of morpholine rings is 1. The first-order valence-electron chi connectivity index (χ1n) is 10.0. The van der Waals surface area contributed by atoms with Gasteiger partial charge in [-0.1, -0.05) is 30.3 Å². The van der Waals surface area contributed by atoms with E-state index in [-0.39, 0.29) is 18.0 Å². The fourth-order valence-corrected chi connectivity index (χ4v) is 4.22. The van der Waals surface area contributed by atoms with E-state index < -0.39 is 11.7 Å². The molecule has 1 fully saturated rings. The number of aromatic nitrogens is 1. The Labute approximate surface area is 184 Å². The first-order chi connectivity index (χ1) is 15.1. The van der Waals surface area contributed by atoms with Gasteiger partial charge in [0.15, 0.2) is 0 Å². The number of rotatable bonds is 6. The monoisotopic (exact) mass is 437 g/mol. The third-order valence-electron chi connectivity index (χ3n) is 5.26. The van der Waals surface area contributed by atoms with Gasteiger partial charge in [0.25, 0.3) is 11.7 Å². The van der Waals surface area contributed by atoms with E-state index in [0.717, 1.165) is 10.4 Å². The lowest BCUT2D eigenvalue weighted by Gasteiger charge is -2.27. The van der Waals surface area contributed by atoms with E-state index in [1.165, 1.54) is 11.8 Å². The van der Waals surface area contributed by atoms with E-state index in [9.17, 15) is 14.4 Å². The number of ether oxygens (including phenoxy) is 1. The van der Waals surface area contributed by atoms with Gasteiger partial charge in [0, 0.05) is 35.1 Å². The highest BCUT2D eigenvalue weighted by atomic mass is 32.2. The highest BCUT2D eigenvalue weighted by Gasteiger charge is 2.24. The van der Waals surface area contributed by atoms with Crippen molar-refractivity contribution in [2.24, 2.45) is 0 Å². The average Bonchev–Trinajstić information content (AvgIpc) is 3.17. The number of para-hydroxylation sites is 2. The summed E-state index contributed by atoms with van der Waals surface area (Å²) in [7, 11) is 0. The van der Waals surface area contributed by atoms with Crippen LogP contribution >= 0.6 is 11.8 Å². The van der Waals surface area contributed by atoms with E-state index in [0.29, 0.717) is 37.4 Å². The molecular formula is C23H23N3O4S. The molecule has 0 saturated carbocycles. The van der Waals surface area contributed by atoms with Gasteiger partial charge >= 0.3 is 0 Å². The number of ketones is 1. The third kappa shape index (κ3) is 4.50. The maximum Gasteiger partial charge on any atom is 0.296 e. The zero-order valence-electron chi connectivity index (χ0n) is 17.2. The maximum absolute atomic E-state index is 13.0. The van der Waals surface area contributed by atoms with Crippen LogP contribution in [0.3, 0.4) is 0 Å². The predicted octanol–water partition coefficient (Wildman–Crippen LogP) is 3.04. The minimum absolute atomic E-state index is 0.0404. The molecule has 0 unspecified atom stereocenters. The van der Waals surface area contributed by atoms with Crippen LogP contribution in [0.5, 0.6) is 0 Å². The standard InChI is InChI=1S/C23H23N3O4S/c1-31-20-9-5-3-7-18(20)24-23(29)22(28)17-14-26(19-8-4-2-6-16(17)19)15-21(27)25-10-12-30-13-11-25/h2-9,14H,10-13,15H2,1H3,(H,24,29). The second kappa shape index (κ2) is 9.36. The number of hydrogen-bond donors (Lipinski definition) is 1. The number of amides is 2. The molecule has 7 nitrogen and oxygen atoms in total. The quantitative estimate of drug-likeness (QED) is 0.364. The first kappa shape index (κ1) is 21.1. The molecule has 1 aliphatic heterocycles. The van der Waals surface area contributed by atoms with Gasteiger partial charge in [-0.2, -0.15) is 0 Å². The van der Waals surface area contributed by atoms with Crippen LogP contribution in [-0.4, -0.2) is 59.6 Å². The van der Waals surface area contributed by atoms with Crippen molar-refractivity contribution >= 4 is 45.9 Å². The molecule has 0 spiro atoms. The summed E-state index contributed by atoms with van der Waals surface area (Å²) in [6.45, 7) is 2.27. The van der Waals surface area contributed by atoms with Gasteiger partial charge in [-0.3, -0.25) is 14.4 Å². The number of Topliss-reactive ketones (excluding diaryl/α,β-unsaturated/α-hetero) is 1. The molecule has 1 aliphatic rings. The Kier molecular flexibility index (Phi) is 6.39. The summed E-state index contributed by atoms with van der Waals surface area (Å²) in [5.74, 6) is -1.38.